The zero-order valence-electron chi connectivity index (χ0n) is 7.97. The first kappa shape index (κ1) is 11.3. The Kier molecular flexibility index (Phi) is 6.57. The predicted molar refractivity (Wildman–Crippen MR) is 51.8 cm³/mol. The maximum atomic E-state index is 10.9. The lowest BCUT2D eigenvalue weighted by atomic mass is 10.1. The topological polar surface area (TPSA) is 41.5 Å². The summed E-state index contributed by atoms with van der Waals surface area (Å²) in [5.74, 6) is 0.212. The van der Waals surface area contributed by atoms with Crippen molar-refractivity contribution in [2.24, 2.45) is 4.99 Å². The SMILES string of the molecule is C=NCCCCC(NC)C(C)=O. The summed E-state index contributed by atoms with van der Waals surface area (Å²) < 4.78 is 0. The monoisotopic (exact) mass is 170 g/mol. The van der Waals surface area contributed by atoms with Gasteiger partial charge in [-0.2, -0.15) is 0 Å². The highest BCUT2D eigenvalue weighted by atomic mass is 16.1. The van der Waals surface area contributed by atoms with Gasteiger partial charge < -0.3 is 10.3 Å². The van der Waals surface area contributed by atoms with Crippen LogP contribution in [-0.2, 0) is 4.79 Å². The van der Waals surface area contributed by atoms with Crippen LogP contribution < -0.4 is 5.32 Å². The molecular weight excluding hydrogens is 152 g/mol. The van der Waals surface area contributed by atoms with E-state index in [9.17, 15) is 4.79 Å². The lowest BCUT2D eigenvalue weighted by Crippen LogP contribution is -2.32. The molecule has 0 aromatic heterocycles. The largest absolute Gasteiger partial charge is 0.311 e. The first-order valence-corrected chi connectivity index (χ1v) is 4.32. The number of unbranched alkanes of at least 4 members (excludes halogenated alkanes) is 1. The summed E-state index contributed by atoms with van der Waals surface area (Å²) in [7, 11) is 1.82. The Balaban J connectivity index is 3.44. The van der Waals surface area contributed by atoms with Crippen molar-refractivity contribution in [3.8, 4) is 0 Å². The summed E-state index contributed by atoms with van der Waals surface area (Å²) in [4.78, 5) is 14.7. The van der Waals surface area contributed by atoms with E-state index in [1.807, 2.05) is 7.05 Å². The number of carbonyl (C=O) groups is 1. The molecule has 0 saturated heterocycles. The Hall–Kier alpha value is -0.700. The number of likely N-dealkylation sites (N-methyl/N-ethyl adjacent to an activating group) is 1. The minimum atomic E-state index is 0.0230. The maximum absolute atomic E-state index is 10.9. The highest BCUT2D eigenvalue weighted by Crippen LogP contribution is 2.01. The normalized spacial score (nSPS) is 12.5. The third kappa shape index (κ3) is 5.02. The molecule has 0 aliphatic heterocycles. The third-order valence-electron chi connectivity index (χ3n) is 1.90. The van der Waals surface area contributed by atoms with Crippen LogP contribution in [0.2, 0.25) is 0 Å². The van der Waals surface area contributed by atoms with E-state index in [1.165, 1.54) is 0 Å². The average Bonchev–Trinajstić information content (AvgIpc) is 2.04. The van der Waals surface area contributed by atoms with E-state index in [2.05, 4.69) is 17.0 Å². The third-order valence-corrected chi connectivity index (χ3v) is 1.90. The molecule has 0 rings (SSSR count). The van der Waals surface area contributed by atoms with E-state index in [-0.39, 0.29) is 11.8 Å². The Bertz CT molecular complexity index is 145. The second-order valence-corrected chi connectivity index (χ2v) is 2.89. The van der Waals surface area contributed by atoms with Crippen LogP contribution in [0.3, 0.4) is 0 Å². The zero-order valence-corrected chi connectivity index (χ0v) is 7.97. The van der Waals surface area contributed by atoms with Crippen LogP contribution >= 0.6 is 0 Å². The maximum Gasteiger partial charge on any atom is 0.146 e. The Labute approximate surface area is 74.3 Å². The van der Waals surface area contributed by atoms with Gasteiger partial charge in [0.25, 0.3) is 0 Å². The van der Waals surface area contributed by atoms with E-state index in [0.29, 0.717) is 0 Å². The van der Waals surface area contributed by atoms with Crippen molar-refractivity contribution in [3.63, 3.8) is 0 Å². The molecular formula is C9H18N2O. The average molecular weight is 170 g/mol. The molecule has 0 amide bonds. The first-order valence-electron chi connectivity index (χ1n) is 4.32. The summed E-state index contributed by atoms with van der Waals surface area (Å²) in [5.41, 5.74) is 0. The van der Waals surface area contributed by atoms with Gasteiger partial charge in [-0.15, -0.1) is 0 Å². The second kappa shape index (κ2) is 6.98. The molecule has 0 spiro atoms. The highest BCUT2D eigenvalue weighted by Gasteiger charge is 2.09. The molecule has 3 nitrogen and oxygen atoms in total. The van der Waals surface area contributed by atoms with Crippen molar-refractivity contribution in [1.82, 2.24) is 5.32 Å². The summed E-state index contributed by atoms with van der Waals surface area (Å²) in [6.45, 7) is 5.82. The number of hydrogen-bond acceptors (Lipinski definition) is 3. The molecule has 70 valence electrons. The van der Waals surface area contributed by atoms with Crippen molar-refractivity contribution >= 4 is 12.5 Å². The minimum Gasteiger partial charge on any atom is -0.311 e. The lowest BCUT2D eigenvalue weighted by Gasteiger charge is -2.11. The second-order valence-electron chi connectivity index (χ2n) is 2.89. The van der Waals surface area contributed by atoms with E-state index in [0.717, 1.165) is 25.8 Å². The van der Waals surface area contributed by atoms with Gasteiger partial charge in [0.15, 0.2) is 0 Å². The molecule has 0 aromatic carbocycles. The molecule has 0 bridgehead atoms. The van der Waals surface area contributed by atoms with Crippen LogP contribution in [0, 0.1) is 0 Å². The van der Waals surface area contributed by atoms with Crippen molar-refractivity contribution < 1.29 is 4.79 Å². The summed E-state index contributed by atoms with van der Waals surface area (Å²) in [5, 5.41) is 2.98. The van der Waals surface area contributed by atoms with E-state index in [4.69, 9.17) is 0 Å². The van der Waals surface area contributed by atoms with Gasteiger partial charge >= 0.3 is 0 Å². The van der Waals surface area contributed by atoms with Gasteiger partial charge in [-0.05, 0) is 40.0 Å². The van der Waals surface area contributed by atoms with Gasteiger partial charge in [-0.25, -0.2) is 0 Å². The fourth-order valence-electron chi connectivity index (χ4n) is 1.12. The molecule has 0 saturated carbocycles. The molecule has 3 heteroatoms. The molecule has 0 fully saturated rings. The number of aliphatic imine (C=N–C) groups is 1. The van der Waals surface area contributed by atoms with Gasteiger partial charge in [-0.3, -0.25) is 4.79 Å². The zero-order chi connectivity index (χ0) is 9.40. The minimum absolute atomic E-state index is 0.0230. The molecule has 0 aliphatic carbocycles. The van der Waals surface area contributed by atoms with Crippen molar-refractivity contribution in [2.75, 3.05) is 13.6 Å². The number of Topliss-reactive ketones (excluding diaryl/α,β-unsaturated/α-hetero) is 1. The van der Waals surface area contributed by atoms with Gasteiger partial charge in [0.05, 0.1) is 6.04 Å². The number of nitrogens with zero attached hydrogens (tertiary/aromatic N) is 1. The van der Waals surface area contributed by atoms with Gasteiger partial charge in [0.2, 0.25) is 0 Å². The number of nitrogens with one attached hydrogen (secondary N) is 1. The summed E-state index contributed by atoms with van der Waals surface area (Å²) in [6, 6.07) is 0.0230. The Morgan fingerprint density at radius 3 is 2.67 bits per heavy atom. The predicted octanol–water partition coefficient (Wildman–Crippen LogP) is 1.03. The molecule has 0 radical (unpaired) electrons. The van der Waals surface area contributed by atoms with Crippen LogP contribution in [-0.4, -0.2) is 32.1 Å². The van der Waals surface area contributed by atoms with Crippen LogP contribution in [0.15, 0.2) is 4.99 Å². The molecule has 0 aromatic rings. The standard InChI is InChI=1S/C9H18N2O/c1-8(12)9(11-3)6-4-5-7-10-2/h9,11H,2,4-7H2,1,3H3. The van der Waals surface area contributed by atoms with Crippen LogP contribution in [0.1, 0.15) is 26.2 Å². The quantitative estimate of drug-likeness (QED) is 0.458. The summed E-state index contributed by atoms with van der Waals surface area (Å²) >= 11 is 0. The van der Waals surface area contributed by atoms with E-state index >= 15 is 0 Å². The van der Waals surface area contributed by atoms with Gasteiger partial charge in [-0.1, -0.05) is 0 Å². The number of hydrogen-bond donors (Lipinski definition) is 1. The molecule has 1 unspecified atom stereocenters. The van der Waals surface area contributed by atoms with Gasteiger partial charge in [0, 0.05) is 6.54 Å². The highest BCUT2D eigenvalue weighted by molar-refractivity contribution is 5.81. The number of rotatable bonds is 7. The molecule has 0 aliphatic rings. The van der Waals surface area contributed by atoms with Crippen LogP contribution in [0.5, 0.6) is 0 Å². The van der Waals surface area contributed by atoms with E-state index in [1.54, 1.807) is 6.92 Å². The van der Waals surface area contributed by atoms with Gasteiger partial charge in [0.1, 0.15) is 5.78 Å². The number of carbonyl (C=O) groups excluding carboxylic acids is 1. The van der Waals surface area contributed by atoms with Crippen molar-refractivity contribution in [3.05, 3.63) is 0 Å². The molecule has 1 atom stereocenters. The first-order chi connectivity index (χ1) is 5.72. The van der Waals surface area contributed by atoms with Crippen LogP contribution in [0.4, 0.5) is 0 Å². The lowest BCUT2D eigenvalue weighted by molar-refractivity contribution is -0.119. The molecule has 0 heterocycles. The van der Waals surface area contributed by atoms with Crippen molar-refractivity contribution in [2.45, 2.75) is 32.2 Å². The van der Waals surface area contributed by atoms with Crippen molar-refractivity contribution in [1.29, 1.82) is 0 Å². The molecule has 12 heavy (non-hydrogen) atoms. The Morgan fingerprint density at radius 2 is 2.25 bits per heavy atom. The summed E-state index contributed by atoms with van der Waals surface area (Å²) in [6.07, 6.45) is 2.96. The van der Waals surface area contributed by atoms with Crippen LogP contribution in [0.25, 0.3) is 0 Å². The smallest absolute Gasteiger partial charge is 0.146 e. The van der Waals surface area contributed by atoms with E-state index < -0.39 is 0 Å². The Morgan fingerprint density at radius 1 is 1.58 bits per heavy atom. The fourth-order valence-corrected chi connectivity index (χ4v) is 1.12. The molecule has 1 N–H and O–H groups in total. The number of ketones is 1. The fraction of sp³-hybridized carbons (Fsp3) is 0.778.